The van der Waals surface area contributed by atoms with Gasteiger partial charge in [-0.05, 0) is 38.5 Å². The fourth-order valence-electron chi connectivity index (χ4n) is 7.41. The first-order valence-electron chi connectivity index (χ1n) is 25.2. The summed E-state index contributed by atoms with van der Waals surface area (Å²) in [6.07, 6.45) is 50.5. The highest BCUT2D eigenvalue weighted by Crippen LogP contribution is 2.38. The lowest BCUT2D eigenvalue weighted by Crippen LogP contribution is -2.46. The van der Waals surface area contributed by atoms with E-state index in [1.807, 2.05) is 21.1 Å². The standard InChI is InChI=1S/C50H99N2O6P/c1-6-8-10-12-14-16-18-20-22-23-24-25-26-27-28-29-30-31-33-35-37-39-41-43-49(53)48(47-58-59(55,56)57-46-45-52(3,4)5)51-50(54)44-42-40-38-36-34-32-21-19-17-15-13-11-9-7-2/h13,15,19,21,48-49,53H,6-12,14,16-18,20,22-47H2,1-5H3,(H-,51,54,55,56)/b15-13-,21-19-. The number of rotatable bonds is 46. The second-order valence-electron chi connectivity index (χ2n) is 18.5. The molecule has 0 aromatic heterocycles. The van der Waals surface area contributed by atoms with Crippen LogP contribution in [0.1, 0.15) is 239 Å². The summed E-state index contributed by atoms with van der Waals surface area (Å²) < 4.78 is 23.3. The highest BCUT2D eigenvalue weighted by molar-refractivity contribution is 7.45. The lowest BCUT2D eigenvalue weighted by Gasteiger charge is -2.30. The van der Waals surface area contributed by atoms with Gasteiger partial charge in [0.2, 0.25) is 5.91 Å². The molecule has 0 aromatic carbocycles. The Morgan fingerprint density at radius 2 is 1.00 bits per heavy atom. The molecule has 0 spiro atoms. The van der Waals surface area contributed by atoms with Gasteiger partial charge in [0.25, 0.3) is 7.82 Å². The summed E-state index contributed by atoms with van der Waals surface area (Å²) in [6, 6.07) is -0.806. The molecule has 0 aliphatic carbocycles. The number of nitrogens with one attached hydrogen (secondary N) is 1. The first-order chi connectivity index (χ1) is 28.5. The molecule has 59 heavy (non-hydrogen) atoms. The highest BCUT2D eigenvalue weighted by atomic mass is 31.2. The van der Waals surface area contributed by atoms with Crippen molar-refractivity contribution in [3.63, 3.8) is 0 Å². The number of nitrogens with zero attached hydrogens (tertiary/aromatic N) is 1. The van der Waals surface area contributed by atoms with E-state index < -0.39 is 20.0 Å². The molecule has 0 heterocycles. The van der Waals surface area contributed by atoms with E-state index in [0.29, 0.717) is 23.9 Å². The molecule has 350 valence electrons. The average molecular weight is 855 g/mol. The van der Waals surface area contributed by atoms with Crippen molar-refractivity contribution < 1.29 is 32.9 Å². The number of hydrogen-bond donors (Lipinski definition) is 2. The highest BCUT2D eigenvalue weighted by Gasteiger charge is 2.24. The topological polar surface area (TPSA) is 108 Å². The van der Waals surface area contributed by atoms with Crippen LogP contribution in [0.3, 0.4) is 0 Å². The molecular weight excluding hydrogens is 756 g/mol. The summed E-state index contributed by atoms with van der Waals surface area (Å²) in [6.45, 7) is 4.69. The quantitative estimate of drug-likeness (QED) is 0.0273. The van der Waals surface area contributed by atoms with Gasteiger partial charge in [0.1, 0.15) is 13.2 Å². The minimum Gasteiger partial charge on any atom is -0.756 e. The van der Waals surface area contributed by atoms with Crippen LogP contribution < -0.4 is 10.2 Å². The molecule has 0 bridgehead atoms. The number of likely N-dealkylation sites (N-methyl/N-ethyl adjacent to an activating group) is 1. The molecule has 2 N–H and O–H groups in total. The maximum atomic E-state index is 12.9. The molecule has 0 aliphatic rings. The Morgan fingerprint density at radius 3 is 1.46 bits per heavy atom. The molecule has 3 unspecified atom stereocenters. The number of quaternary nitrogens is 1. The zero-order chi connectivity index (χ0) is 43.6. The maximum absolute atomic E-state index is 12.9. The Bertz CT molecular complexity index is 1020. The van der Waals surface area contributed by atoms with Gasteiger partial charge in [0, 0.05) is 6.42 Å². The third-order valence-corrected chi connectivity index (χ3v) is 12.4. The number of allylic oxidation sites excluding steroid dienone is 4. The summed E-state index contributed by atoms with van der Waals surface area (Å²) in [5.74, 6) is -0.177. The fraction of sp³-hybridized carbons (Fsp3) is 0.900. The van der Waals surface area contributed by atoms with Crippen LogP contribution in [-0.4, -0.2) is 68.5 Å². The second-order valence-corrected chi connectivity index (χ2v) is 19.9. The number of carbonyl (C=O) groups excluding carboxylic acids is 1. The van der Waals surface area contributed by atoms with E-state index >= 15 is 0 Å². The number of aliphatic hydroxyl groups is 1. The largest absolute Gasteiger partial charge is 0.756 e. The number of carbonyl (C=O) groups is 1. The van der Waals surface area contributed by atoms with Gasteiger partial charge in [-0.15, -0.1) is 0 Å². The minimum atomic E-state index is -4.57. The van der Waals surface area contributed by atoms with Gasteiger partial charge in [-0.3, -0.25) is 9.36 Å². The number of unbranched alkanes of at least 4 members (excludes halogenated alkanes) is 29. The first-order valence-corrected chi connectivity index (χ1v) is 26.6. The summed E-state index contributed by atoms with van der Waals surface area (Å²) in [4.78, 5) is 25.4. The first kappa shape index (κ1) is 58.0. The van der Waals surface area contributed by atoms with Crippen LogP contribution in [0.15, 0.2) is 24.3 Å². The van der Waals surface area contributed by atoms with Gasteiger partial charge >= 0.3 is 0 Å². The van der Waals surface area contributed by atoms with Gasteiger partial charge in [0.05, 0.1) is 39.9 Å². The van der Waals surface area contributed by atoms with Crippen LogP contribution in [0.2, 0.25) is 0 Å². The molecule has 0 saturated heterocycles. The van der Waals surface area contributed by atoms with Crippen molar-refractivity contribution in [2.45, 2.75) is 251 Å². The monoisotopic (exact) mass is 855 g/mol. The van der Waals surface area contributed by atoms with Crippen molar-refractivity contribution in [2.75, 3.05) is 40.9 Å². The SMILES string of the molecule is CCCC/C=C\C/C=C\CCCCCCCC(=O)NC(COP(=O)([O-])OCC[N+](C)(C)C)C(O)CCCCCCCCCCCCCCCCCCCCCCCCC. The molecule has 0 radical (unpaired) electrons. The average Bonchev–Trinajstić information content (AvgIpc) is 3.19. The predicted octanol–water partition coefficient (Wildman–Crippen LogP) is 13.8. The van der Waals surface area contributed by atoms with E-state index in [0.717, 1.165) is 64.2 Å². The van der Waals surface area contributed by atoms with Crippen LogP contribution in [0.25, 0.3) is 0 Å². The Kier molecular flexibility index (Phi) is 41.6. The van der Waals surface area contributed by atoms with E-state index in [4.69, 9.17) is 9.05 Å². The summed E-state index contributed by atoms with van der Waals surface area (Å²) in [5, 5.41) is 14.0. The Labute approximate surface area is 366 Å². The van der Waals surface area contributed by atoms with Crippen molar-refractivity contribution in [2.24, 2.45) is 0 Å². The van der Waals surface area contributed by atoms with Crippen molar-refractivity contribution in [3.05, 3.63) is 24.3 Å². The van der Waals surface area contributed by atoms with E-state index in [1.165, 1.54) is 148 Å². The normalized spacial score (nSPS) is 14.4. The van der Waals surface area contributed by atoms with Crippen molar-refractivity contribution in [1.82, 2.24) is 5.32 Å². The molecule has 0 aromatic rings. The molecule has 0 saturated carbocycles. The number of hydrogen-bond acceptors (Lipinski definition) is 6. The number of phosphoric acid groups is 1. The van der Waals surface area contributed by atoms with Crippen molar-refractivity contribution in [1.29, 1.82) is 0 Å². The second kappa shape index (κ2) is 42.3. The predicted molar refractivity (Wildman–Crippen MR) is 252 cm³/mol. The zero-order valence-corrected chi connectivity index (χ0v) is 40.6. The van der Waals surface area contributed by atoms with Crippen molar-refractivity contribution >= 4 is 13.7 Å². The maximum Gasteiger partial charge on any atom is 0.268 e. The number of aliphatic hydroxyl groups excluding tert-OH is 1. The van der Waals surface area contributed by atoms with Crippen LogP contribution in [0.5, 0.6) is 0 Å². The lowest BCUT2D eigenvalue weighted by molar-refractivity contribution is -0.870. The third-order valence-electron chi connectivity index (χ3n) is 11.4. The molecule has 9 heteroatoms. The van der Waals surface area contributed by atoms with E-state index in [-0.39, 0.29) is 19.1 Å². The van der Waals surface area contributed by atoms with Crippen LogP contribution in [-0.2, 0) is 18.4 Å². The van der Waals surface area contributed by atoms with Crippen molar-refractivity contribution in [3.8, 4) is 0 Å². The smallest absolute Gasteiger partial charge is 0.268 e. The van der Waals surface area contributed by atoms with Gasteiger partial charge < -0.3 is 28.8 Å². The van der Waals surface area contributed by atoms with E-state index in [1.54, 1.807) is 0 Å². The van der Waals surface area contributed by atoms with Crippen LogP contribution in [0, 0.1) is 0 Å². The molecular formula is C50H99N2O6P. The molecule has 0 rings (SSSR count). The van der Waals surface area contributed by atoms with Gasteiger partial charge in [-0.25, -0.2) is 0 Å². The molecule has 8 nitrogen and oxygen atoms in total. The number of amides is 1. The lowest BCUT2D eigenvalue weighted by atomic mass is 10.0. The fourth-order valence-corrected chi connectivity index (χ4v) is 8.13. The Balaban J connectivity index is 4.22. The summed E-state index contributed by atoms with van der Waals surface area (Å²) in [5.41, 5.74) is 0. The van der Waals surface area contributed by atoms with Crippen LogP contribution >= 0.6 is 7.82 Å². The Hall–Kier alpha value is -1.02. The molecule has 1 amide bonds. The number of phosphoric ester groups is 1. The summed E-state index contributed by atoms with van der Waals surface area (Å²) >= 11 is 0. The van der Waals surface area contributed by atoms with Gasteiger partial charge in [0.15, 0.2) is 0 Å². The van der Waals surface area contributed by atoms with Gasteiger partial charge in [-0.1, -0.05) is 218 Å². The molecule has 0 aliphatic heterocycles. The van der Waals surface area contributed by atoms with E-state index in [9.17, 15) is 19.4 Å². The third kappa shape index (κ3) is 44.8. The van der Waals surface area contributed by atoms with E-state index in [2.05, 4.69) is 43.5 Å². The molecule has 0 fully saturated rings. The minimum absolute atomic E-state index is 0.0100. The zero-order valence-electron chi connectivity index (χ0n) is 39.7. The Morgan fingerprint density at radius 1 is 0.593 bits per heavy atom. The van der Waals surface area contributed by atoms with Crippen LogP contribution in [0.4, 0.5) is 0 Å². The summed E-state index contributed by atoms with van der Waals surface area (Å²) in [7, 11) is 1.30. The van der Waals surface area contributed by atoms with Gasteiger partial charge in [-0.2, -0.15) is 0 Å². The molecule has 3 atom stereocenters.